The van der Waals surface area contributed by atoms with Gasteiger partial charge < -0.3 is 19.7 Å². The third-order valence-electron chi connectivity index (χ3n) is 5.74. The molecule has 3 aromatic rings. The SMILES string of the molecule is Cc1ccc(C(=O)Oc2ccc(Br)cc2/C=N\NC(=O)C(=O)Nc2ccccc2C(=O)N2CCOCC2)cc1. The van der Waals surface area contributed by atoms with Gasteiger partial charge in [-0.3, -0.25) is 14.4 Å². The minimum atomic E-state index is -1.05. The van der Waals surface area contributed by atoms with Gasteiger partial charge >= 0.3 is 17.8 Å². The molecule has 1 aliphatic rings. The smallest absolute Gasteiger partial charge is 0.343 e. The number of nitrogens with zero attached hydrogens (tertiary/aromatic N) is 2. The highest BCUT2D eigenvalue weighted by Crippen LogP contribution is 2.23. The molecule has 0 unspecified atom stereocenters. The molecule has 4 rings (SSSR count). The number of morpholine rings is 1. The van der Waals surface area contributed by atoms with Crippen LogP contribution in [0.2, 0.25) is 0 Å². The fraction of sp³-hybridized carbons (Fsp3) is 0.179. The Morgan fingerprint density at radius 3 is 2.44 bits per heavy atom. The van der Waals surface area contributed by atoms with Gasteiger partial charge in [0.1, 0.15) is 5.75 Å². The number of halogens is 1. The first-order chi connectivity index (χ1) is 18.8. The zero-order valence-electron chi connectivity index (χ0n) is 21.0. The summed E-state index contributed by atoms with van der Waals surface area (Å²) in [7, 11) is 0. The molecule has 0 aromatic heterocycles. The van der Waals surface area contributed by atoms with E-state index in [-0.39, 0.29) is 22.9 Å². The first-order valence-corrected chi connectivity index (χ1v) is 12.8. The van der Waals surface area contributed by atoms with Crippen molar-refractivity contribution in [2.24, 2.45) is 5.10 Å². The molecule has 11 heteroatoms. The second-order valence-corrected chi connectivity index (χ2v) is 9.46. The number of amides is 3. The minimum absolute atomic E-state index is 0.204. The fourth-order valence-electron chi connectivity index (χ4n) is 3.67. The molecule has 3 aromatic carbocycles. The molecule has 0 saturated carbocycles. The number of hydrogen-bond donors (Lipinski definition) is 2. The third kappa shape index (κ3) is 7.37. The van der Waals surface area contributed by atoms with E-state index in [2.05, 4.69) is 31.8 Å². The predicted octanol–water partition coefficient (Wildman–Crippen LogP) is 3.54. The molecule has 1 saturated heterocycles. The number of carbonyl (C=O) groups is 4. The monoisotopic (exact) mass is 592 g/mol. The van der Waals surface area contributed by atoms with Crippen LogP contribution in [0.25, 0.3) is 0 Å². The molecular formula is C28H25BrN4O6. The zero-order valence-corrected chi connectivity index (χ0v) is 22.6. The number of aryl methyl sites for hydroxylation is 1. The van der Waals surface area contributed by atoms with Gasteiger partial charge in [0.05, 0.1) is 36.2 Å². The van der Waals surface area contributed by atoms with Crippen molar-refractivity contribution in [3.63, 3.8) is 0 Å². The molecule has 0 bridgehead atoms. The molecule has 0 atom stereocenters. The molecule has 1 fully saturated rings. The predicted molar refractivity (Wildman–Crippen MR) is 148 cm³/mol. The summed E-state index contributed by atoms with van der Waals surface area (Å²) in [6.45, 7) is 3.66. The van der Waals surface area contributed by atoms with Gasteiger partial charge in [0.2, 0.25) is 0 Å². The topological polar surface area (TPSA) is 126 Å². The number of ether oxygens (including phenoxy) is 2. The largest absolute Gasteiger partial charge is 0.422 e. The van der Waals surface area contributed by atoms with Gasteiger partial charge in [0, 0.05) is 23.1 Å². The second kappa shape index (κ2) is 12.9. The average Bonchev–Trinajstić information content (AvgIpc) is 2.95. The molecule has 10 nitrogen and oxygen atoms in total. The molecule has 1 heterocycles. The van der Waals surface area contributed by atoms with Gasteiger partial charge in [-0.25, -0.2) is 10.2 Å². The van der Waals surface area contributed by atoms with E-state index in [9.17, 15) is 19.2 Å². The standard InChI is InChI=1S/C28H25BrN4O6/c1-18-6-8-19(9-7-18)28(37)39-24-11-10-21(29)16-20(24)17-30-32-26(35)25(34)31-23-5-3-2-4-22(23)27(36)33-12-14-38-15-13-33/h2-11,16-17H,12-15H2,1H3,(H,31,34)(H,32,35)/b30-17-. The van der Waals surface area contributed by atoms with E-state index >= 15 is 0 Å². The van der Waals surface area contributed by atoms with Crippen LogP contribution in [0.3, 0.4) is 0 Å². The van der Waals surface area contributed by atoms with Crippen LogP contribution in [0.1, 0.15) is 31.8 Å². The van der Waals surface area contributed by atoms with E-state index in [4.69, 9.17) is 9.47 Å². The Kier molecular flexibility index (Phi) is 9.18. The number of hydrogen-bond acceptors (Lipinski definition) is 7. The van der Waals surface area contributed by atoms with E-state index in [1.165, 1.54) is 12.3 Å². The lowest BCUT2D eigenvalue weighted by Gasteiger charge is -2.27. The summed E-state index contributed by atoms with van der Waals surface area (Å²) >= 11 is 3.35. The highest BCUT2D eigenvalue weighted by molar-refractivity contribution is 9.10. The van der Waals surface area contributed by atoms with Gasteiger partial charge in [-0.1, -0.05) is 45.8 Å². The lowest BCUT2D eigenvalue weighted by Crippen LogP contribution is -2.41. The molecule has 0 aliphatic carbocycles. The number of esters is 1. The summed E-state index contributed by atoms with van der Waals surface area (Å²) in [5.74, 6) is -2.67. The van der Waals surface area contributed by atoms with Gasteiger partial charge in [0.25, 0.3) is 5.91 Å². The van der Waals surface area contributed by atoms with Crippen molar-refractivity contribution >= 4 is 51.5 Å². The van der Waals surface area contributed by atoms with Crippen molar-refractivity contribution in [2.45, 2.75) is 6.92 Å². The minimum Gasteiger partial charge on any atom is -0.422 e. The van der Waals surface area contributed by atoms with Crippen molar-refractivity contribution in [3.05, 3.63) is 93.5 Å². The van der Waals surface area contributed by atoms with Gasteiger partial charge in [-0.2, -0.15) is 5.10 Å². The normalized spacial score (nSPS) is 13.1. The number of hydrazone groups is 1. The maximum absolute atomic E-state index is 12.9. The molecule has 200 valence electrons. The molecule has 39 heavy (non-hydrogen) atoms. The Morgan fingerprint density at radius 1 is 0.974 bits per heavy atom. The van der Waals surface area contributed by atoms with Crippen LogP contribution < -0.4 is 15.5 Å². The van der Waals surface area contributed by atoms with E-state index in [0.717, 1.165) is 5.56 Å². The van der Waals surface area contributed by atoms with Crippen LogP contribution in [0, 0.1) is 6.92 Å². The van der Waals surface area contributed by atoms with Crippen LogP contribution in [0.15, 0.2) is 76.3 Å². The van der Waals surface area contributed by atoms with Crippen LogP contribution in [0.4, 0.5) is 5.69 Å². The summed E-state index contributed by atoms with van der Waals surface area (Å²) < 4.78 is 11.5. The van der Waals surface area contributed by atoms with Crippen molar-refractivity contribution in [1.29, 1.82) is 0 Å². The molecular weight excluding hydrogens is 568 g/mol. The van der Waals surface area contributed by atoms with Crippen LogP contribution in [0.5, 0.6) is 5.75 Å². The number of carbonyl (C=O) groups excluding carboxylic acids is 4. The fourth-order valence-corrected chi connectivity index (χ4v) is 4.05. The Morgan fingerprint density at radius 2 is 1.69 bits per heavy atom. The summed E-state index contributed by atoms with van der Waals surface area (Å²) in [5.41, 5.74) is 4.39. The lowest BCUT2D eigenvalue weighted by molar-refractivity contribution is -0.136. The summed E-state index contributed by atoms with van der Waals surface area (Å²) in [4.78, 5) is 52.0. The van der Waals surface area contributed by atoms with Gasteiger partial charge in [-0.05, 0) is 49.4 Å². The first kappa shape index (κ1) is 27.7. The van der Waals surface area contributed by atoms with Crippen molar-refractivity contribution in [1.82, 2.24) is 10.3 Å². The number of rotatable bonds is 6. The maximum atomic E-state index is 12.9. The lowest BCUT2D eigenvalue weighted by atomic mass is 10.1. The number of anilines is 1. The Labute approximate surface area is 233 Å². The van der Waals surface area contributed by atoms with Crippen molar-refractivity contribution < 1.29 is 28.7 Å². The number of para-hydroxylation sites is 1. The van der Waals surface area contributed by atoms with E-state index in [0.29, 0.717) is 41.9 Å². The molecule has 2 N–H and O–H groups in total. The van der Waals surface area contributed by atoms with Crippen molar-refractivity contribution in [2.75, 3.05) is 31.6 Å². The highest BCUT2D eigenvalue weighted by atomic mass is 79.9. The Hall–Kier alpha value is -4.35. The zero-order chi connectivity index (χ0) is 27.8. The van der Waals surface area contributed by atoms with E-state index in [1.807, 2.05) is 6.92 Å². The highest BCUT2D eigenvalue weighted by Gasteiger charge is 2.23. The number of benzene rings is 3. The quantitative estimate of drug-likeness (QED) is 0.148. The van der Waals surface area contributed by atoms with Gasteiger partial charge in [0.15, 0.2) is 0 Å². The van der Waals surface area contributed by atoms with E-state index < -0.39 is 17.8 Å². The summed E-state index contributed by atoms with van der Waals surface area (Å²) in [6, 6.07) is 18.3. The molecule has 3 amide bonds. The summed E-state index contributed by atoms with van der Waals surface area (Å²) in [6.07, 6.45) is 1.25. The van der Waals surface area contributed by atoms with Crippen LogP contribution in [-0.2, 0) is 14.3 Å². The Bertz CT molecular complexity index is 1420. The molecule has 0 radical (unpaired) electrons. The molecule has 0 spiro atoms. The molecule has 1 aliphatic heterocycles. The van der Waals surface area contributed by atoms with Gasteiger partial charge in [-0.15, -0.1) is 0 Å². The van der Waals surface area contributed by atoms with Crippen molar-refractivity contribution in [3.8, 4) is 5.75 Å². The first-order valence-electron chi connectivity index (χ1n) is 12.0. The van der Waals surface area contributed by atoms with Crippen LogP contribution in [-0.4, -0.2) is 61.1 Å². The van der Waals surface area contributed by atoms with Crippen LogP contribution >= 0.6 is 15.9 Å². The third-order valence-corrected chi connectivity index (χ3v) is 6.23. The Balaban J connectivity index is 1.40. The average molecular weight is 593 g/mol. The van der Waals surface area contributed by atoms with E-state index in [1.54, 1.807) is 65.6 Å². The maximum Gasteiger partial charge on any atom is 0.343 e. The number of nitrogens with one attached hydrogen (secondary N) is 2. The second-order valence-electron chi connectivity index (χ2n) is 8.54. The summed E-state index contributed by atoms with van der Waals surface area (Å²) in [5, 5.41) is 6.31.